The molecule has 0 radical (unpaired) electrons. The Kier molecular flexibility index (Phi) is 4.75. The van der Waals surface area contributed by atoms with Crippen molar-refractivity contribution in [3.63, 3.8) is 0 Å². The molecule has 8 heteroatoms. The minimum absolute atomic E-state index is 0.0591. The van der Waals surface area contributed by atoms with Crippen LogP contribution in [0.2, 0.25) is 0 Å². The van der Waals surface area contributed by atoms with Gasteiger partial charge in [0.05, 0.1) is 6.04 Å². The van der Waals surface area contributed by atoms with Crippen molar-refractivity contribution >= 4 is 17.5 Å². The fourth-order valence-electron chi connectivity index (χ4n) is 2.94. The Hall–Kier alpha value is -3.16. The third-order valence-electron chi connectivity index (χ3n) is 4.34. The first-order valence-corrected chi connectivity index (χ1v) is 8.30. The molecule has 8 nitrogen and oxygen atoms in total. The summed E-state index contributed by atoms with van der Waals surface area (Å²) in [4.78, 5) is 51.4. The Bertz CT molecular complexity index is 958. The maximum Gasteiger partial charge on any atom is 0.328 e. The highest BCUT2D eigenvalue weighted by Gasteiger charge is 2.31. The molecule has 3 rings (SSSR count). The van der Waals surface area contributed by atoms with E-state index in [1.165, 1.54) is 6.20 Å². The maximum absolute atomic E-state index is 12.2. The van der Waals surface area contributed by atoms with Gasteiger partial charge in [-0.25, -0.2) is 4.79 Å². The topological polar surface area (TPSA) is 104 Å². The number of hydrogen-bond acceptors (Lipinski definition) is 4. The summed E-state index contributed by atoms with van der Waals surface area (Å²) in [5, 5.41) is 2.78. The van der Waals surface area contributed by atoms with Crippen LogP contribution in [0, 0.1) is 13.8 Å². The van der Waals surface area contributed by atoms with E-state index in [-0.39, 0.29) is 30.8 Å². The van der Waals surface area contributed by atoms with E-state index in [2.05, 4.69) is 10.3 Å². The summed E-state index contributed by atoms with van der Waals surface area (Å²) in [5.41, 5.74) is 1.14. The van der Waals surface area contributed by atoms with Gasteiger partial charge in [-0.1, -0.05) is 17.7 Å². The van der Waals surface area contributed by atoms with Crippen molar-refractivity contribution < 1.29 is 9.59 Å². The molecule has 2 N–H and O–H groups in total. The van der Waals surface area contributed by atoms with E-state index >= 15 is 0 Å². The summed E-state index contributed by atoms with van der Waals surface area (Å²) in [6.45, 7) is 3.69. The summed E-state index contributed by atoms with van der Waals surface area (Å²) in [7, 11) is 0. The predicted octanol–water partition coefficient (Wildman–Crippen LogP) is 0.0751. The Morgan fingerprint density at radius 2 is 1.88 bits per heavy atom. The highest BCUT2D eigenvalue weighted by atomic mass is 16.2. The van der Waals surface area contributed by atoms with Crippen LogP contribution in [-0.2, 0) is 16.1 Å². The van der Waals surface area contributed by atoms with Crippen LogP contribution >= 0.6 is 0 Å². The standard InChI is InChI=1S/C18H20N4O4/c1-11-3-5-14(6-4-11)22-9-13(7-16(22)24)19-15(23)10-21-8-12(2)17(25)20-18(21)26/h3-6,8,13H,7,9-10H2,1-2H3,(H,19,23)(H,20,25,26)/t13-/m1/s1. The summed E-state index contributed by atoms with van der Waals surface area (Å²) in [5.74, 6) is -0.446. The van der Waals surface area contributed by atoms with Crippen molar-refractivity contribution in [2.45, 2.75) is 32.9 Å². The average Bonchev–Trinajstić information content (AvgIpc) is 2.93. The lowest BCUT2D eigenvalue weighted by atomic mass is 10.2. The van der Waals surface area contributed by atoms with Crippen LogP contribution in [0.25, 0.3) is 0 Å². The number of benzene rings is 1. The van der Waals surface area contributed by atoms with Crippen LogP contribution in [0.5, 0.6) is 0 Å². The van der Waals surface area contributed by atoms with Crippen LogP contribution in [0.3, 0.4) is 0 Å². The lowest BCUT2D eigenvalue weighted by molar-refractivity contribution is -0.122. The van der Waals surface area contributed by atoms with Gasteiger partial charge in [0, 0.05) is 30.4 Å². The molecule has 0 bridgehead atoms. The number of aromatic amines is 1. The SMILES string of the molecule is Cc1ccc(N2C[C@H](NC(=O)Cn3cc(C)c(=O)[nH]c3=O)CC2=O)cc1. The van der Waals surface area contributed by atoms with Gasteiger partial charge in [-0.2, -0.15) is 0 Å². The highest BCUT2D eigenvalue weighted by Crippen LogP contribution is 2.21. The highest BCUT2D eigenvalue weighted by molar-refractivity contribution is 5.96. The smallest absolute Gasteiger partial charge is 0.328 e. The van der Waals surface area contributed by atoms with E-state index < -0.39 is 11.2 Å². The molecule has 1 aromatic heterocycles. The number of H-pyrrole nitrogens is 1. The van der Waals surface area contributed by atoms with Gasteiger partial charge in [-0.15, -0.1) is 0 Å². The molecule has 0 aliphatic carbocycles. The molecule has 1 fully saturated rings. The van der Waals surface area contributed by atoms with Crippen LogP contribution in [0.15, 0.2) is 40.1 Å². The molecule has 0 saturated carbocycles. The summed E-state index contributed by atoms with van der Waals surface area (Å²) in [6.07, 6.45) is 1.55. The Balaban J connectivity index is 1.65. The second-order valence-corrected chi connectivity index (χ2v) is 6.51. The minimum Gasteiger partial charge on any atom is -0.349 e. The molecule has 2 amide bonds. The summed E-state index contributed by atoms with van der Waals surface area (Å²) in [6, 6.07) is 7.29. The van der Waals surface area contributed by atoms with Crippen LogP contribution in [0.1, 0.15) is 17.5 Å². The van der Waals surface area contributed by atoms with Crippen molar-refractivity contribution in [2.75, 3.05) is 11.4 Å². The van der Waals surface area contributed by atoms with Crippen molar-refractivity contribution in [1.29, 1.82) is 0 Å². The number of aryl methyl sites for hydroxylation is 2. The monoisotopic (exact) mass is 356 g/mol. The molecule has 0 spiro atoms. The fourth-order valence-corrected chi connectivity index (χ4v) is 2.94. The Morgan fingerprint density at radius 1 is 1.19 bits per heavy atom. The zero-order valence-corrected chi connectivity index (χ0v) is 14.6. The van der Waals surface area contributed by atoms with Gasteiger partial charge in [-0.05, 0) is 26.0 Å². The van der Waals surface area contributed by atoms with Gasteiger partial charge in [0.1, 0.15) is 6.54 Å². The van der Waals surface area contributed by atoms with Gasteiger partial charge in [0.2, 0.25) is 11.8 Å². The first-order chi connectivity index (χ1) is 12.3. The van der Waals surface area contributed by atoms with Crippen LogP contribution in [0.4, 0.5) is 5.69 Å². The van der Waals surface area contributed by atoms with E-state index in [1.54, 1.807) is 11.8 Å². The molecule has 26 heavy (non-hydrogen) atoms. The van der Waals surface area contributed by atoms with Crippen molar-refractivity contribution in [2.24, 2.45) is 0 Å². The van der Waals surface area contributed by atoms with Gasteiger partial charge in [-0.3, -0.25) is 23.9 Å². The van der Waals surface area contributed by atoms with Gasteiger partial charge in [0.15, 0.2) is 0 Å². The molecule has 136 valence electrons. The van der Waals surface area contributed by atoms with Crippen LogP contribution in [-0.4, -0.2) is 34.0 Å². The number of anilines is 1. The Labute approximate surface area is 149 Å². The number of nitrogens with zero attached hydrogens (tertiary/aromatic N) is 2. The normalized spacial score (nSPS) is 16.8. The molecular formula is C18H20N4O4. The van der Waals surface area contributed by atoms with E-state index in [0.717, 1.165) is 15.8 Å². The lowest BCUT2D eigenvalue weighted by Gasteiger charge is -2.17. The molecule has 0 unspecified atom stereocenters. The van der Waals surface area contributed by atoms with E-state index in [1.807, 2.05) is 31.2 Å². The molecule has 1 aliphatic rings. The molecule has 1 atom stereocenters. The van der Waals surface area contributed by atoms with E-state index in [0.29, 0.717) is 12.1 Å². The molecular weight excluding hydrogens is 336 g/mol. The lowest BCUT2D eigenvalue weighted by Crippen LogP contribution is -2.41. The number of amides is 2. The molecule has 1 saturated heterocycles. The second kappa shape index (κ2) is 6.99. The largest absolute Gasteiger partial charge is 0.349 e. The number of carbonyl (C=O) groups is 2. The zero-order chi connectivity index (χ0) is 18.8. The third-order valence-corrected chi connectivity index (χ3v) is 4.34. The third kappa shape index (κ3) is 3.74. The van der Waals surface area contributed by atoms with Crippen molar-refractivity contribution in [3.8, 4) is 0 Å². The number of hydrogen-bond donors (Lipinski definition) is 2. The number of rotatable bonds is 4. The first kappa shape index (κ1) is 17.7. The number of carbonyl (C=O) groups excluding carboxylic acids is 2. The molecule has 1 aliphatic heterocycles. The molecule has 2 aromatic rings. The first-order valence-electron chi connectivity index (χ1n) is 8.30. The minimum atomic E-state index is -0.639. The van der Waals surface area contributed by atoms with Crippen molar-refractivity contribution in [3.05, 3.63) is 62.4 Å². The fraction of sp³-hybridized carbons (Fsp3) is 0.333. The van der Waals surface area contributed by atoms with Gasteiger partial charge >= 0.3 is 5.69 Å². The van der Waals surface area contributed by atoms with E-state index in [4.69, 9.17) is 0 Å². The van der Waals surface area contributed by atoms with Crippen molar-refractivity contribution in [1.82, 2.24) is 14.9 Å². The zero-order valence-electron chi connectivity index (χ0n) is 14.6. The number of aromatic nitrogens is 2. The second-order valence-electron chi connectivity index (χ2n) is 6.51. The van der Waals surface area contributed by atoms with Gasteiger partial charge < -0.3 is 10.2 Å². The molecule has 2 heterocycles. The maximum atomic E-state index is 12.2. The summed E-state index contributed by atoms with van der Waals surface area (Å²) >= 11 is 0. The van der Waals surface area contributed by atoms with Gasteiger partial charge in [0.25, 0.3) is 5.56 Å². The molecule has 1 aromatic carbocycles. The van der Waals surface area contributed by atoms with E-state index in [9.17, 15) is 19.2 Å². The predicted molar refractivity (Wildman–Crippen MR) is 96.1 cm³/mol. The quantitative estimate of drug-likeness (QED) is 0.809. The number of nitrogens with one attached hydrogen (secondary N) is 2. The van der Waals surface area contributed by atoms with Crippen LogP contribution < -0.4 is 21.5 Å². The Morgan fingerprint density at radius 3 is 2.58 bits per heavy atom. The average molecular weight is 356 g/mol. The summed E-state index contributed by atoms with van der Waals surface area (Å²) < 4.78 is 1.14.